The molecule has 1 fully saturated rings. The molecule has 110 valence electrons. The molecule has 0 radical (unpaired) electrons. The molecule has 3 rings (SSSR count). The van der Waals surface area contributed by atoms with Gasteiger partial charge < -0.3 is 5.32 Å². The summed E-state index contributed by atoms with van der Waals surface area (Å²) in [5.74, 6) is 0. The van der Waals surface area contributed by atoms with E-state index in [-0.39, 0.29) is 5.41 Å². The van der Waals surface area contributed by atoms with Crippen molar-refractivity contribution in [1.82, 2.24) is 5.32 Å². The summed E-state index contributed by atoms with van der Waals surface area (Å²) >= 11 is 0. The Morgan fingerprint density at radius 2 is 1.67 bits per heavy atom. The topological polar surface area (TPSA) is 12.0 Å². The summed E-state index contributed by atoms with van der Waals surface area (Å²) in [7, 11) is 2.11. The molecule has 0 aliphatic heterocycles. The Bertz CT molecular complexity index is 611. The second kappa shape index (κ2) is 5.65. The summed E-state index contributed by atoms with van der Waals surface area (Å²) in [5.41, 5.74) is 6.01. The lowest BCUT2D eigenvalue weighted by molar-refractivity contribution is 0.175. The Kier molecular flexibility index (Phi) is 3.86. The Morgan fingerprint density at radius 3 is 2.24 bits per heavy atom. The third-order valence-corrected chi connectivity index (χ3v) is 5.39. The second-order valence-corrected chi connectivity index (χ2v) is 6.39. The maximum atomic E-state index is 3.63. The zero-order chi connectivity index (χ0) is 14.9. The summed E-state index contributed by atoms with van der Waals surface area (Å²) < 4.78 is 0. The molecule has 1 aliphatic carbocycles. The fourth-order valence-corrected chi connectivity index (χ4v) is 3.89. The third-order valence-electron chi connectivity index (χ3n) is 5.39. The van der Waals surface area contributed by atoms with Crippen LogP contribution < -0.4 is 5.32 Å². The summed E-state index contributed by atoms with van der Waals surface area (Å²) in [6, 6.07) is 18.2. The molecule has 1 saturated carbocycles. The summed E-state index contributed by atoms with van der Waals surface area (Å²) in [5, 5.41) is 3.63. The number of likely N-dealkylation sites (N-methyl/N-ethyl adjacent to an activating group) is 1. The lowest BCUT2D eigenvalue weighted by Crippen LogP contribution is -2.46. The highest BCUT2D eigenvalue weighted by Gasteiger charge is 2.45. The smallest absolute Gasteiger partial charge is 0.0418 e. The molecule has 0 aromatic heterocycles. The first-order valence-electron chi connectivity index (χ1n) is 7.98. The van der Waals surface area contributed by atoms with Gasteiger partial charge in [0, 0.05) is 11.5 Å². The van der Waals surface area contributed by atoms with Crippen LogP contribution in [0.4, 0.5) is 0 Å². The predicted molar refractivity (Wildman–Crippen MR) is 89.7 cm³/mol. The normalized spacial score (nSPS) is 18.0. The van der Waals surface area contributed by atoms with E-state index in [0.717, 1.165) is 0 Å². The van der Waals surface area contributed by atoms with Crippen molar-refractivity contribution in [3.63, 3.8) is 0 Å². The molecule has 1 aliphatic rings. The van der Waals surface area contributed by atoms with Gasteiger partial charge in [-0.25, -0.2) is 0 Å². The number of benzene rings is 2. The van der Waals surface area contributed by atoms with Crippen molar-refractivity contribution in [2.75, 3.05) is 7.05 Å². The van der Waals surface area contributed by atoms with Crippen molar-refractivity contribution in [2.45, 2.75) is 44.6 Å². The Balaban J connectivity index is 2.08. The highest BCUT2D eigenvalue weighted by atomic mass is 14.9. The van der Waals surface area contributed by atoms with Crippen molar-refractivity contribution in [1.29, 1.82) is 0 Å². The van der Waals surface area contributed by atoms with Crippen LogP contribution in [-0.2, 0) is 5.41 Å². The highest BCUT2D eigenvalue weighted by molar-refractivity contribution is 5.41. The van der Waals surface area contributed by atoms with Gasteiger partial charge in [0.05, 0.1) is 0 Å². The molecule has 1 unspecified atom stereocenters. The minimum Gasteiger partial charge on any atom is -0.312 e. The van der Waals surface area contributed by atoms with E-state index in [0.29, 0.717) is 6.04 Å². The van der Waals surface area contributed by atoms with E-state index in [4.69, 9.17) is 0 Å². The van der Waals surface area contributed by atoms with Crippen LogP contribution >= 0.6 is 0 Å². The van der Waals surface area contributed by atoms with Crippen LogP contribution in [0.15, 0.2) is 48.5 Å². The zero-order valence-electron chi connectivity index (χ0n) is 13.3. The first-order chi connectivity index (χ1) is 10.2. The summed E-state index contributed by atoms with van der Waals surface area (Å²) in [6.45, 7) is 4.47. The average Bonchev–Trinajstić information content (AvgIpc) is 2.47. The van der Waals surface area contributed by atoms with Gasteiger partial charge in [0.1, 0.15) is 0 Å². The molecule has 0 heterocycles. The Hall–Kier alpha value is -1.60. The standard InChI is InChI=1S/C20H25N/c1-15-9-7-12-18(16(15)2)19(21-3)20(13-8-14-20)17-10-5-4-6-11-17/h4-7,9-12,19,21H,8,13-14H2,1-3H3. The van der Waals surface area contributed by atoms with Gasteiger partial charge in [-0.05, 0) is 56.0 Å². The SMILES string of the molecule is CNC(c1cccc(C)c1C)C1(c2ccccc2)CCC1. The Labute approximate surface area is 128 Å². The van der Waals surface area contributed by atoms with E-state index in [1.807, 2.05) is 0 Å². The van der Waals surface area contributed by atoms with Crippen LogP contribution in [-0.4, -0.2) is 7.05 Å². The maximum absolute atomic E-state index is 3.63. The average molecular weight is 279 g/mol. The van der Waals surface area contributed by atoms with Gasteiger partial charge in [-0.3, -0.25) is 0 Å². The molecular formula is C20H25N. The molecule has 2 aromatic rings. The van der Waals surface area contributed by atoms with E-state index in [1.54, 1.807) is 0 Å². The summed E-state index contributed by atoms with van der Waals surface area (Å²) in [4.78, 5) is 0. The van der Waals surface area contributed by atoms with Crippen molar-refractivity contribution in [3.05, 3.63) is 70.8 Å². The van der Waals surface area contributed by atoms with E-state index in [2.05, 4.69) is 74.7 Å². The quantitative estimate of drug-likeness (QED) is 0.856. The molecule has 1 N–H and O–H groups in total. The minimum absolute atomic E-state index is 0.258. The number of rotatable bonds is 4. The van der Waals surface area contributed by atoms with Crippen molar-refractivity contribution >= 4 is 0 Å². The van der Waals surface area contributed by atoms with Crippen LogP contribution in [0.2, 0.25) is 0 Å². The monoisotopic (exact) mass is 279 g/mol. The van der Waals surface area contributed by atoms with Gasteiger partial charge >= 0.3 is 0 Å². The molecular weight excluding hydrogens is 254 g/mol. The number of hydrogen-bond acceptors (Lipinski definition) is 1. The zero-order valence-corrected chi connectivity index (χ0v) is 13.3. The molecule has 21 heavy (non-hydrogen) atoms. The van der Waals surface area contributed by atoms with Crippen molar-refractivity contribution < 1.29 is 0 Å². The van der Waals surface area contributed by atoms with Gasteiger partial charge in [-0.1, -0.05) is 55.0 Å². The number of aryl methyl sites for hydroxylation is 1. The number of hydrogen-bond donors (Lipinski definition) is 1. The highest BCUT2D eigenvalue weighted by Crippen LogP contribution is 2.52. The van der Waals surface area contributed by atoms with Crippen LogP contribution in [0.25, 0.3) is 0 Å². The molecule has 1 heteroatoms. The first-order valence-corrected chi connectivity index (χ1v) is 7.98. The van der Waals surface area contributed by atoms with E-state index in [9.17, 15) is 0 Å². The number of nitrogens with one attached hydrogen (secondary N) is 1. The van der Waals surface area contributed by atoms with E-state index >= 15 is 0 Å². The fraction of sp³-hybridized carbons (Fsp3) is 0.400. The molecule has 0 amide bonds. The lowest BCUT2D eigenvalue weighted by Gasteiger charge is -2.49. The van der Waals surface area contributed by atoms with E-state index in [1.165, 1.54) is 41.5 Å². The largest absolute Gasteiger partial charge is 0.312 e. The second-order valence-electron chi connectivity index (χ2n) is 6.39. The van der Waals surface area contributed by atoms with Crippen LogP contribution in [0, 0.1) is 13.8 Å². The Morgan fingerprint density at radius 1 is 0.952 bits per heavy atom. The van der Waals surface area contributed by atoms with Gasteiger partial charge in [-0.2, -0.15) is 0 Å². The van der Waals surface area contributed by atoms with Crippen molar-refractivity contribution in [3.8, 4) is 0 Å². The molecule has 0 saturated heterocycles. The van der Waals surface area contributed by atoms with Crippen LogP contribution in [0.3, 0.4) is 0 Å². The molecule has 0 bridgehead atoms. The first kappa shape index (κ1) is 14.3. The van der Waals surface area contributed by atoms with Gasteiger partial charge in [0.2, 0.25) is 0 Å². The van der Waals surface area contributed by atoms with Gasteiger partial charge in [-0.15, -0.1) is 0 Å². The fourth-order valence-electron chi connectivity index (χ4n) is 3.89. The van der Waals surface area contributed by atoms with Crippen LogP contribution in [0.5, 0.6) is 0 Å². The minimum atomic E-state index is 0.258. The van der Waals surface area contributed by atoms with Crippen molar-refractivity contribution in [2.24, 2.45) is 0 Å². The predicted octanol–water partition coefficient (Wildman–Crippen LogP) is 4.69. The van der Waals surface area contributed by atoms with Crippen LogP contribution in [0.1, 0.15) is 47.6 Å². The third kappa shape index (κ3) is 2.30. The molecule has 0 spiro atoms. The van der Waals surface area contributed by atoms with Gasteiger partial charge in [0.15, 0.2) is 0 Å². The molecule has 2 aromatic carbocycles. The molecule has 1 nitrogen and oxygen atoms in total. The van der Waals surface area contributed by atoms with Gasteiger partial charge in [0.25, 0.3) is 0 Å². The lowest BCUT2D eigenvalue weighted by atomic mass is 9.58. The van der Waals surface area contributed by atoms with E-state index < -0.39 is 0 Å². The maximum Gasteiger partial charge on any atom is 0.0418 e. The molecule has 1 atom stereocenters. The summed E-state index contributed by atoms with van der Waals surface area (Å²) in [6.07, 6.45) is 3.88.